The number of carbonyl (C=O) groups is 1. The van der Waals surface area contributed by atoms with Crippen LogP contribution in [-0.2, 0) is 4.79 Å². The molecule has 0 spiro atoms. The van der Waals surface area contributed by atoms with Gasteiger partial charge in [0.05, 0.1) is 16.1 Å². The third-order valence-corrected chi connectivity index (χ3v) is 2.91. The van der Waals surface area contributed by atoms with Gasteiger partial charge in [-0.05, 0) is 24.6 Å². The first kappa shape index (κ1) is 12.4. The number of carbonyl (C=O) groups excluding carboxylic acids is 1. The summed E-state index contributed by atoms with van der Waals surface area (Å²) in [6.45, 7) is 1.56. The van der Waals surface area contributed by atoms with Gasteiger partial charge in [-0.2, -0.15) is 0 Å². The third kappa shape index (κ3) is 2.46. The van der Waals surface area contributed by atoms with E-state index in [0.29, 0.717) is 11.1 Å². The van der Waals surface area contributed by atoms with Crippen LogP contribution in [0.5, 0.6) is 0 Å². The maximum atomic E-state index is 11.5. The molecule has 0 bridgehead atoms. The summed E-state index contributed by atoms with van der Waals surface area (Å²) in [5.41, 5.74) is -0.265. The number of ketones is 1. The average molecular weight is 247 g/mol. The van der Waals surface area contributed by atoms with Crippen molar-refractivity contribution in [1.29, 1.82) is 0 Å². The first-order chi connectivity index (χ1) is 8.39. The predicted molar refractivity (Wildman–Crippen MR) is 65.9 cm³/mol. The summed E-state index contributed by atoms with van der Waals surface area (Å²) in [7, 11) is 0. The molecule has 1 aliphatic rings. The van der Waals surface area contributed by atoms with Crippen LogP contribution in [0, 0.1) is 10.1 Å². The van der Waals surface area contributed by atoms with Gasteiger partial charge in [-0.3, -0.25) is 14.9 Å². The van der Waals surface area contributed by atoms with Crippen molar-refractivity contribution in [3.8, 4) is 0 Å². The van der Waals surface area contributed by atoms with Crippen molar-refractivity contribution < 1.29 is 14.8 Å². The normalized spacial score (nSPS) is 23.7. The summed E-state index contributed by atoms with van der Waals surface area (Å²) >= 11 is 0. The molecule has 94 valence electrons. The van der Waals surface area contributed by atoms with E-state index >= 15 is 0 Å². The van der Waals surface area contributed by atoms with E-state index in [1.54, 1.807) is 25.1 Å². The van der Waals surface area contributed by atoms with Crippen molar-refractivity contribution in [2.24, 2.45) is 0 Å². The molecule has 1 unspecified atom stereocenters. The minimum absolute atomic E-state index is 0.0470. The van der Waals surface area contributed by atoms with Gasteiger partial charge in [-0.25, -0.2) is 0 Å². The second-order valence-electron chi connectivity index (χ2n) is 4.76. The van der Waals surface area contributed by atoms with E-state index in [-0.39, 0.29) is 24.3 Å². The Morgan fingerprint density at radius 3 is 2.61 bits per heavy atom. The fraction of sp³-hybridized carbons (Fsp3) is 0.308. The Hall–Kier alpha value is -2.01. The summed E-state index contributed by atoms with van der Waals surface area (Å²) < 4.78 is 0. The SMILES string of the molecule is CC1(O)CC(=O)C=C(c2ccccc2[N+](=O)[O-])C1. The number of rotatable bonds is 2. The Morgan fingerprint density at radius 2 is 2.00 bits per heavy atom. The average Bonchev–Trinajstić information content (AvgIpc) is 2.26. The molecule has 1 aromatic carbocycles. The van der Waals surface area contributed by atoms with Gasteiger partial charge < -0.3 is 5.11 Å². The van der Waals surface area contributed by atoms with Crippen molar-refractivity contribution >= 4 is 17.0 Å². The lowest BCUT2D eigenvalue weighted by molar-refractivity contribution is -0.385. The number of benzene rings is 1. The van der Waals surface area contributed by atoms with Gasteiger partial charge in [-0.15, -0.1) is 0 Å². The summed E-state index contributed by atoms with van der Waals surface area (Å²) in [6, 6.07) is 6.24. The molecule has 18 heavy (non-hydrogen) atoms. The van der Waals surface area contributed by atoms with Gasteiger partial charge in [0.25, 0.3) is 5.69 Å². The Kier molecular flexibility index (Phi) is 3.00. The topological polar surface area (TPSA) is 80.4 Å². The van der Waals surface area contributed by atoms with Crippen LogP contribution in [0.15, 0.2) is 30.3 Å². The Labute approximate surface area is 104 Å². The smallest absolute Gasteiger partial charge is 0.276 e. The lowest BCUT2D eigenvalue weighted by Gasteiger charge is -2.27. The number of nitrogens with zero attached hydrogens (tertiary/aromatic N) is 1. The van der Waals surface area contributed by atoms with E-state index in [4.69, 9.17) is 0 Å². The Balaban J connectivity index is 2.49. The van der Waals surface area contributed by atoms with E-state index in [1.165, 1.54) is 12.1 Å². The van der Waals surface area contributed by atoms with Crippen LogP contribution in [0.3, 0.4) is 0 Å². The van der Waals surface area contributed by atoms with Crippen molar-refractivity contribution in [2.75, 3.05) is 0 Å². The van der Waals surface area contributed by atoms with Crippen molar-refractivity contribution in [3.05, 3.63) is 46.0 Å². The minimum Gasteiger partial charge on any atom is -0.389 e. The van der Waals surface area contributed by atoms with Gasteiger partial charge >= 0.3 is 0 Å². The molecule has 2 rings (SSSR count). The lowest BCUT2D eigenvalue weighted by Crippen LogP contribution is -2.31. The van der Waals surface area contributed by atoms with Gasteiger partial charge in [0, 0.05) is 18.9 Å². The van der Waals surface area contributed by atoms with Crippen LogP contribution < -0.4 is 0 Å². The molecular weight excluding hydrogens is 234 g/mol. The third-order valence-electron chi connectivity index (χ3n) is 2.91. The second kappa shape index (κ2) is 4.34. The number of hydrogen-bond acceptors (Lipinski definition) is 4. The molecule has 0 saturated heterocycles. The van der Waals surface area contributed by atoms with Crippen LogP contribution in [0.1, 0.15) is 25.3 Å². The van der Waals surface area contributed by atoms with E-state index in [9.17, 15) is 20.0 Å². The van der Waals surface area contributed by atoms with E-state index < -0.39 is 10.5 Å². The van der Waals surface area contributed by atoms with Gasteiger partial charge in [0.15, 0.2) is 5.78 Å². The Morgan fingerprint density at radius 1 is 1.33 bits per heavy atom. The highest BCUT2D eigenvalue weighted by molar-refractivity contribution is 6.00. The van der Waals surface area contributed by atoms with Crippen molar-refractivity contribution in [2.45, 2.75) is 25.4 Å². The summed E-state index contributed by atoms with van der Waals surface area (Å²) in [6.07, 6.45) is 1.68. The molecule has 1 aromatic rings. The highest BCUT2D eigenvalue weighted by Gasteiger charge is 2.32. The molecule has 1 atom stereocenters. The molecule has 5 nitrogen and oxygen atoms in total. The summed E-state index contributed by atoms with van der Waals surface area (Å²) in [5, 5.41) is 20.9. The largest absolute Gasteiger partial charge is 0.389 e. The van der Waals surface area contributed by atoms with Crippen LogP contribution >= 0.6 is 0 Å². The maximum absolute atomic E-state index is 11.5. The number of allylic oxidation sites excluding steroid dienone is 1. The maximum Gasteiger partial charge on any atom is 0.276 e. The molecule has 0 radical (unpaired) electrons. The van der Waals surface area contributed by atoms with E-state index in [0.717, 1.165) is 0 Å². The van der Waals surface area contributed by atoms with Gasteiger partial charge in [-0.1, -0.05) is 12.1 Å². The monoisotopic (exact) mass is 247 g/mol. The highest BCUT2D eigenvalue weighted by atomic mass is 16.6. The molecule has 0 fully saturated rings. The molecular formula is C13H13NO4. The molecule has 1 aliphatic carbocycles. The zero-order valence-corrected chi connectivity index (χ0v) is 9.92. The highest BCUT2D eigenvalue weighted by Crippen LogP contribution is 2.35. The summed E-state index contributed by atoms with van der Waals surface area (Å²) in [4.78, 5) is 22.0. The quantitative estimate of drug-likeness (QED) is 0.641. The van der Waals surface area contributed by atoms with Crippen molar-refractivity contribution in [3.63, 3.8) is 0 Å². The van der Waals surface area contributed by atoms with Crippen LogP contribution in [-0.4, -0.2) is 21.4 Å². The predicted octanol–water partition coefficient (Wildman–Crippen LogP) is 2.09. The number of nitro benzene ring substituents is 1. The summed E-state index contributed by atoms with van der Waals surface area (Å²) in [5.74, 6) is -0.209. The number of aliphatic hydroxyl groups is 1. The standard InChI is InChI=1S/C13H13NO4/c1-13(16)7-9(6-10(15)8-13)11-4-2-3-5-12(11)14(17)18/h2-6,16H,7-8H2,1H3. The van der Waals surface area contributed by atoms with E-state index in [2.05, 4.69) is 0 Å². The fourth-order valence-electron chi connectivity index (χ4n) is 2.22. The van der Waals surface area contributed by atoms with Crippen LogP contribution in [0.2, 0.25) is 0 Å². The minimum atomic E-state index is -1.13. The van der Waals surface area contributed by atoms with E-state index in [1.807, 2.05) is 0 Å². The molecule has 0 aromatic heterocycles. The van der Waals surface area contributed by atoms with Crippen LogP contribution in [0.25, 0.3) is 5.57 Å². The number of para-hydroxylation sites is 1. The molecule has 0 saturated carbocycles. The fourth-order valence-corrected chi connectivity index (χ4v) is 2.22. The second-order valence-corrected chi connectivity index (χ2v) is 4.76. The molecule has 0 aliphatic heterocycles. The van der Waals surface area contributed by atoms with Crippen LogP contribution in [0.4, 0.5) is 5.69 Å². The number of hydrogen-bond donors (Lipinski definition) is 1. The zero-order chi connectivity index (χ0) is 13.3. The Bertz CT molecular complexity index is 546. The zero-order valence-electron chi connectivity index (χ0n) is 9.92. The van der Waals surface area contributed by atoms with Crippen molar-refractivity contribution in [1.82, 2.24) is 0 Å². The first-order valence-corrected chi connectivity index (χ1v) is 5.59. The molecule has 0 amide bonds. The molecule has 1 N–H and O–H groups in total. The lowest BCUT2D eigenvalue weighted by atomic mass is 9.82. The number of nitro groups is 1. The van der Waals surface area contributed by atoms with Gasteiger partial charge in [0.1, 0.15) is 0 Å². The molecule has 5 heteroatoms. The van der Waals surface area contributed by atoms with Gasteiger partial charge in [0.2, 0.25) is 0 Å². The first-order valence-electron chi connectivity index (χ1n) is 5.59. The molecule has 0 heterocycles.